The van der Waals surface area contributed by atoms with Crippen LogP contribution in [0.1, 0.15) is 11.4 Å². The van der Waals surface area contributed by atoms with Gasteiger partial charge < -0.3 is 0 Å². The second-order valence-corrected chi connectivity index (χ2v) is 4.30. The van der Waals surface area contributed by atoms with Crippen LogP contribution < -0.4 is 0 Å². The fourth-order valence-corrected chi connectivity index (χ4v) is 2.00. The van der Waals surface area contributed by atoms with E-state index in [1.165, 1.54) is 6.20 Å². The van der Waals surface area contributed by atoms with Gasteiger partial charge in [0.15, 0.2) is 10.8 Å². The first-order valence-corrected chi connectivity index (χ1v) is 5.81. The molecule has 7 heteroatoms. The molecule has 3 rings (SSSR count). The highest BCUT2D eigenvalue weighted by atomic mass is 35.5. The molecule has 4 nitrogen and oxygen atoms in total. The van der Waals surface area contributed by atoms with E-state index in [2.05, 4.69) is 15.2 Å². The molecule has 1 aromatic carbocycles. The van der Waals surface area contributed by atoms with Crippen molar-refractivity contribution in [3.05, 3.63) is 58.8 Å². The summed E-state index contributed by atoms with van der Waals surface area (Å²) in [4.78, 5) is 3.87. The molecule has 0 atom stereocenters. The van der Waals surface area contributed by atoms with Gasteiger partial charge in [-0.25, -0.2) is 13.8 Å². The molecular formula is C12H7ClF2N4. The van der Waals surface area contributed by atoms with Crippen LogP contribution >= 0.6 is 11.6 Å². The molecule has 0 aliphatic heterocycles. The van der Waals surface area contributed by atoms with Crippen molar-refractivity contribution in [2.45, 2.75) is 6.42 Å². The zero-order chi connectivity index (χ0) is 13.4. The van der Waals surface area contributed by atoms with Crippen molar-refractivity contribution >= 4 is 17.2 Å². The first-order valence-electron chi connectivity index (χ1n) is 5.43. The second kappa shape index (κ2) is 4.55. The van der Waals surface area contributed by atoms with Crippen LogP contribution in [-0.4, -0.2) is 19.6 Å². The standard InChI is InChI=1S/C12H7ClF2N4/c13-11-12-18-17-10(19(12)4-3-16-11)6-7-5-8(14)1-2-9(7)15/h1-5H,6H2. The largest absolute Gasteiger partial charge is 0.282 e. The number of aromatic nitrogens is 4. The highest BCUT2D eigenvalue weighted by molar-refractivity contribution is 6.32. The number of fused-ring (bicyclic) bond motifs is 1. The van der Waals surface area contributed by atoms with E-state index in [0.717, 1.165) is 18.2 Å². The van der Waals surface area contributed by atoms with E-state index in [0.29, 0.717) is 11.5 Å². The Bertz CT molecular complexity index is 757. The van der Waals surface area contributed by atoms with Crippen LogP contribution in [0.5, 0.6) is 0 Å². The first-order chi connectivity index (χ1) is 9.15. The zero-order valence-electron chi connectivity index (χ0n) is 9.52. The molecule has 0 unspecified atom stereocenters. The minimum atomic E-state index is -0.495. The quantitative estimate of drug-likeness (QED) is 0.725. The van der Waals surface area contributed by atoms with Gasteiger partial charge in [0.1, 0.15) is 17.5 Å². The Balaban J connectivity index is 2.06. The minimum absolute atomic E-state index is 0.116. The summed E-state index contributed by atoms with van der Waals surface area (Å²) in [6, 6.07) is 3.29. The van der Waals surface area contributed by atoms with Crippen molar-refractivity contribution in [1.29, 1.82) is 0 Å². The topological polar surface area (TPSA) is 43.1 Å². The van der Waals surface area contributed by atoms with Gasteiger partial charge in [0, 0.05) is 18.8 Å². The van der Waals surface area contributed by atoms with E-state index < -0.39 is 11.6 Å². The van der Waals surface area contributed by atoms with Crippen LogP contribution in [0.3, 0.4) is 0 Å². The van der Waals surface area contributed by atoms with Gasteiger partial charge in [0.25, 0.3) is 0 Å². The normalized spacial score (nSPS) is 11.1. The molecular weight excluding hydrogens is 274 g/mol. The number of nitrogens with zero attached hydrogens (tertiary/aromatic N) is 4. The summed E-state index contributed by atoms with van der Waals surface area (Å²) in [6.45, 7) is 0. The molecule has 0 N–H and O–H groups in total. The van der Waals surface area contributed by atoms with Crippen molar-refractivity contribution in [3.63, 3.8) is 0 Å². The third kappa shape index (κ3) is 2.15. The molecule has 3 aromatic rings. The number of hydrogen-bond donors (Lipinski definition) is 0. The lowest BCUT2D eigenvalue weighted by molar-refractivity contribution is 0.587. The summed E-state index contributed by atoms with van der Waals surface area (Å²) < 4.78 is 28.3. The third-order valence-electron chi connectivity index (χ3n) is 2.71. The molecule has 0 saturated heterocycles. The Labute approximate surface area is 111 Å². The van der Waals surface area contributed by atoms with Crippen molar-refractivity contribution in [2.75, 3.05) is 0 Å². The molecule has 2 heterocycles. The van der Waals surface area contributed by atoms with Crippen LogP contribution in [0.4, 0.5) is 8.78 Å². The highest BCUT2D eigenvalue weighted by Crippen LogP contribution is 2.17. The fraction of sp³-hybridized carbons (Fsp3) is 0.0833. The van der Waals surface area contributed by atoms with Crippen molar-refractivity contribution in [1.82, 2.24) is 19.6 Å². The van der Waals surface area contributed by atoms with Crippen LogP contribution in [0.15, 0.2) is 30.6 Å². The van der Waals surface area contributed by atoms with E-state index in [9.17, 15) is 8.78 Å². The van der Waals surface area contributed by atoms with Crippen LogP contribution in [0.2, 0.25) is 5.15 Å². The lowest BCUT2D eigenvalue weighted by atomic mass is 10.1. The number of rotatable bonds is 2. The third-order valence-corrected chi connectivity index (χ3v) is 2.98. The van der Waals surface area contributed by atoms with Crippen molar-refractivity contribution in [2.24, 2.45) is 0 Å². The predicted octanol–water partition coefficient (Wildman–Crippen LogP) is 2.65. The van der Waals surface area contributed by atoms with E-state index in [-0.39, 0.29) is 17.1 Å². The molecule has 0 amide bonds. The van der Waals surface area contributed by atoms with Gasteiger partial charge in [-0.05, 0) is 23.8 Å². The monoisotopic (exact) mass is 280 g/mol. The fourth-order valence-electron chi connectivity index (χ4n) is 1.81. The zero-order valence-corrected chi connectivity index (χ0v) is 10.3. The number of hydrogen-bond acceptors (Lipinski definition) is 3. The van der Waals surface area contributed by atoms with E-state index >= 15 is 0 Å². The van der Waals surface area contributed by atoms with Gasteiger partial charge >= 0.3 is 0 Å². The Morgan fingerprint density at radius 2 is 2.05 bits per heavy atom. The Hall–Kier alpha value is -2.08. The van der Waals surface area contributed by atoms with Gasteiger partial charge in [-0.2, -0.15) is 0 Å². The van der Waals surface area contributed by atoms with Crippen LogP contribution in [0, 0.1) is 11.6 Å². The first kappa shape index (κ1) is 12.0. The second-order valence-electron chi connectivity index (χ2n) is 3.94. The SMILES string of the molecule is Fc1ccc(F)c(Cc2nnc3c(Cl)nccn23)c1. The molecule has 2 aromatic heterocycles. The Kier molecular flexibility index (Phi) is 2.87. The maximum atomic E-state index is 13.6. The van der Waals surface area contributed by atoms with Crippen molar-refractivity contribution < 1.29 is 8.78 Å². The minimum Gasteiger partial charge on any atom is -0.282 e. The smallest absolute Gasteiger partial charge is 0.198 e. The van der Waals surface area contributed by atoms with E-state index in [4.69, 9.17) is 11.6 Å². The average Bonchev–Trinajstić information content (AvgIpc) is 2.79. The highest BCUT2D eigenvalue weighted by Gasteiger charge is 2.12. The lowest BCUT2D eigenvalue weighted by Crippen LogP contribution is -1.99. The van der Waals surface area contributed by atoms with E-state index in [1.54, 1.807) is 10.6 Å². The molecule has 96 valence electrons. The maximum absolute atomic E-state index is 13.6. The van der Waals surface area contributed by atoms with Crippen molar-refractivity contribution in [3.8, 4) is 0 Å². The molecule has 0 saturated carbocycles. The molecule has 19 heavy (non-hydrogen) atoms. The summed E-state index contributed by atoms with van der Waals surface area (Å²) in [5, 5.41) is 8.00. The summed E-state index contributed by atoms with van der Waals surface area (Å²) in [6.07, 6.45) is 3.23. The predicted molar refractivity (Wildman–Crippen MR) is 65.0 cm³/mol. The molecule has 0 bridgehead atoms. The molecule has 0 fully saturated rings. The van der Waals surface area contributed by atoms with Crippen LogP contribution in [-0.2, 0) is 6.42 Å². The van der Waals surface area contributed by atoms with Gasteiger partial charge in [0.2, 0.25) is 0 Å². The summed E-state index contributed by atoms with van der Waals surface area (Å²) in [5.41, 5.74) is 0.596. The summed E-state index contributed by atoms with van der Waals surface area (Å²) in [7, 11) is 0. The summed E-state index contributed by atoms with van der Waals surface area (Å²) in [5.74, 6) is -0.521. The molecule has 0 radical (unpaired) electrons. The average molecular weight is 281 g/mol. The molecule has 0 spiro atoms. The lowest BCUT2D eigenvalue weighted by Gasteiger charge is -2.02. The van der Waals surface area contributed by atoms with Crippen LogP contribution in [0.25, 0.3) is 5.65 Å². The molecule has 0 aliphatic rings. The maximum Gasteiger partial charge on any atom is 0.198 e. The van der Waals surface area contributed by atoms with Gasteiger partial charge in [-0.3, -0.25) is 4.40 Å². The Morgan fingerprint density at radius 3 is 2.89 bits per heavy atom. The van der Waals surface area contributed by atoms with Gasteiger partial charge in [-0.1, -0.05) is 11.6 Å². The number of benzene rings is 1. The molecule has 0 aliphatic carbocycles. The van der Waals surface area contributed by atoms with E-state index in [1.807, 2.05) is 0 Å². The van der Waals surface area contributed by atoms with Gasteiger partial charge in [-0.15, -0.1) is 10.2 Å². The number of halogens is 3. The summed E-state index contributed by atoms with van der Waals surface area (Å²) >= 11 is 5.86. The van der Waals surface area contributed by atoms with Gasteiger partial charge in [0.05, 0.1) is 0 Å². The Morgan fingerprint density at radius 1 is 1.21 bits per heavy atom.